The Hall–Kier alpha value is -2.89. The van der Waals surface area contributed by atoms with Gasteiger partial charge in [-0.15, -0.1) is 0 Å². The van der Waals surface area contributed by atoms with E-state index in [-0.39, 0.29) is 11.9 Å². The molecule has 1 fully saturated rings. The van der Waals surface area contributed by atoms with Crippen LogP contribution in [0.25, 0.3) is 0 Å². The predicted octanol–water partition coefficient (Wildman–Crippen LogP) is 3.77. The molecule has 142 valence electrons. The average Bonchev–Trinajstić information content (AvgIpc) is 2.67. The van der Waals surface area contributed by atoms with Crippen molar-refractivity contribution >= 4 is 12.0 Å². The molecule has 1 heterocycles. The van der Waals surface area contributed by atoms with Gasteiger partial charge in [0.1, 0.15) is 11.6 Å². The minimum absolute atomic E-state index is 0.200. The molecule has 6 heteroatoms. The number of likely N-dealkylation sites (tertiary alicyclic amines) is 1. The van der Waals surface area contributed by atoms with Crippen LogP contribution in [0.2, 0.25) is 0 Å². The molecule has 27 heavy (non-hydrogen) atoms. The summed E-state index contributed by atoms with van der Waals surface area (Å²) >= 11 is 0. The number of amides is 2. The average molecular weight is 370 g/mol. The van der Waals surface area contributed by atoms with Crippen molar-refractivity contribution in [3.05, 3.63) is 65.5 Å². The third kappa shape index (κ3) is 5.29. The number of halogens is 1. The number of nitrogens with two attached hydrogens (primary N) is 1. The molecular weight excluding hydrogens is 347 g/mol. The molecule has 1 aliphatic heterocycles. The lowest BCUT2D eigenvalue weighted by atomic mass is 9.91. The molecule has 0 saturated carbocycles. The van der Waals surface area contributed by atoms with Crippen molar-refractivity contribution in [2.75, 3.05) is 13.1 Å². The fourth-order valence-electron chi connectivity index (χ4n) is 3.32. The van der Waals surface area contributed by atoms with Crippen LogP contribution < -0.4 is 10.5 Å². The number of rotatable bonds is 5. The molecule has 1 saturated heterocycles. The Balaban J connectivity index is 1.44. The number of aryl methyl sites for hydroxylation is 1. The number of carbonyl (C=O) groups is 2. The van der Waals surface area contributed by atoms with Crippen molar-refractivity contribution in [2.45, 2.75) is 25.7 Å². The minimum Gasteiger partial charge on any atom is -0.410 e. The van der Waals surface area contributed by atoms with Crippen LogP contribution >= 0.6 is 0 Å². The lowest BCUT2D eigenvalue weighted by molar-refractivity contribution is 0.100. The van der Waals surface area contributed by atoms with Gasteiger partial charge in [0.05, 0.1) is 0 Å². The molecule has 2 aromatic rings. The molecule has 0 atom stereocenters. The van der Waals surface area contributed by atoms with Gasteiger partial charge in [-0.2, -0.15) is 0 Å². The Morgan fingerprint density at radius 3 is 2.44 bits per heavy atom. The fraction of sp³-hybridized carbons (Fsp3) is 0.333. The molecule has 5 nitrogen and oxygen atoms in total. The van der Waals surface area contributed by atoms with Crippen LogP contribution in [0.4, 0.5) is 9.18 Å². The highest BCUT2D eigenvalue weighted by atomic mass is 19.1. The van der Waals surface area contributed by atoms with E-state index in [2.05, 4.69) is 0 Å². The quantitative estimate of drug-likeness (QED) is 0.871. The smallest absolute Gasteiger partial charge is 0.410 e. The van der Waals surface area contributed by atoms with Crippen LogP contribution in [0.1, 0.15) is 35.2 Å². The van der Waals surface area contributed by atoms with Crippen LogP contribution in [-0.4, -0.2) is 30.0 Å². The molecule has 2 aromatic carbocycles. The summed E-state index contributed by atoms with van der Waals surface area (Å²) in [7, 11) is 0. The van der Waals surface area contributed by atoms with Gasteiger partial charge in [0.15, 0.2) is 0 Å². The van der Waals surface area contributed by atoms with Crippen LogP contribution in [0.5, 0.6) is 5.75 Å². The first kappa shape index (κ1) is 18.9. The highest BCUT2D eigenvalue weighted by Crippen LogP contribution is 2.23. The number of hydrogen-bond donors (Lipinski definition) is 1. The first-order chi connectivity index (χ1) is 13.0. The van der Waals surface area contributed by atoms with Gasteiger partial charge in [-0.25, -0.2) is 9.18 Å². The highest BCUT2D eigenvalue weighted by Gasteiger charge is 2.24. The van der Waals surface area contributed by atoms with Gasteiger partial charge in [0, 0.05) is 18.7 Å². The highest BCUT2D eigenvalue weighted by molar-refractivity contribution is 5.92. The van der Waals surface area contributed by atoms with E-state index in [1.54, 1.807) is 29.2 Å². The summed E-state index contributed by atoms with van der Waals surface area (Å²) in [5.41, 5.74) is 6.57. The van der Waals surface area contributed by atoms with Crippen molar-refractivity contribution in [3.8, 4) is 5.75 Å². The number of nitrogens with zero attached hydrogens (tertiary/aromatic N) is 1. The normalized spacial score (nSPS) is 14.8. The molecular formula is C21H23FN2O3. The van der Waals surface area contributed by atoms with E-state index in [0.29, 0.717) is 30.3 Å². The topological polar surface area (TPSA) is 72.6 Å². The molecule has 3 rings (SSSR count). The third-order valence-corrected chi connectivity index (χ3v) is 4.95. The lowest BCUT2D eigenvalue weighted by Crippen LogP contribution is -2.40. The van der Waals surface area contributed by atoms with Gasteiger partial charge in [-0.1, -0.05) is 12.1 Å². The van der Waals surface area contributed by atoms with E-state index < -0.39 is 5.91 Å². The SMILES string of the molecule is NC(=O)c1ccc(OC(=O)N2CCC(CCc3cccc(F)c3)CC2)cc1. The van der Waals surface area contributed by atoms with Crippen LogP contribution in [0.15, 0.2) is 48.5 Å². The van der Waals surface area contributed by atoms with Crippen molar-refractivity contribution in [1.82, 2.24) is 4.90 Å². The predicted molar refractivity (Wildman–Crippen MR) is 100 cm³/mol. The number of benzene rings is 2. The van der Waals surface area contributed by atoms with Gasteiger partial charge in [0.2, 0.25) is 5.91 Å². The van der Waals surface area contributed by atoms with Gasteiger partial charge in [-0.05, 0) is 73.6 Å². The monoisotopic (exact) mass is 370 g/mol. The Bertz CT molecular complexity index is 799. The summed E-state index contributed by atoms with van der Waals surface area (Å²) < 4.78 is 18.6. The number of primary amides is 1. The van der Waals surface area contributed by atoms with Crippen LogP contribution in [-0.2, 0) is 6.42 Å². The summed E-state index contributed by atoms with van der Waals surface area (Å²) in [5.74, 6) is 0.188. The van der Waals surface area contributed by atoms with Crippen LogP contribution in [0, 0.1) is 11.7 Å². The van der Waals surface area contributed by atoms with Crippen LogP contribution in [0.3, 0.4) is 0 Å². The molecule has 2 N–H and O–H groups in total. The number of ether oxygens (including phenoxy) is 1. The maximum absolute atomic E-state index is 13.2. The second kappa shape index (κ2) is 8.66. The zero-order chi connectivity index (χ0) is 19.2. The lowest BCUT2D eigenvalue weighted by Gasteiger charge is -2.31. The summed E-state index contributed by atoms with van der Waals surface area (Å²) in [6, 6.07) is 12.9. The Kier molecular flexibility index (Phi) is 6.06. The molecule has 0 aromatic heterocycles. The molecule has 0 aliphatic carbocycles. The molecule has 2 amide bonds. The number of carbonyl (C=O) groups excluding carboxylic acids is 2. The summed E-state index contributed by atoms with van der Waals surface area (Å²) in [4.78, 5) is 25.0. The number of hydrogen-bond acceptors (Lipinski definition) is 3. The van der Waals surface area contributed by atoms with Gasteiger partial charge in [-0.3, -0.25) is 4.79 Å². The first-order valence-electron chi connectivity index (χ1n) is 9.12. The van der Waals surface area contributed by atoms with Gasteiger partial charge in [0.25, 0.3) is 0 Å². The molecule has 0 spiro atoms. The standard InChI is InChI=1S/C21H23FN2O3/c22-18-3-1-2-16(14-18)5-4-15-10-12-24(13-11-15)21(26)27-19-8-6-17(7-9-19)20(23)25/h1-3,6-9,14-15H,4-5,10-13H2,(H2,23,25). The van der Waals surface area contributed by atoms with E-state index >= 15 is 0 Å². The summed E-state index contributed by atoms with van der Waals surface area (Å²) in [6.07, 6.45) is 3.26. The van der Waals surface area contributed by atoms with E-state index in [1.165, 1.54) is 18.2 Å². The van der Waals surface area contributed by atoms with E-state index in [9.17, 15) is 14.0 Å². The molecule has 1 aliphatic rings. The molecule has 0 bridgehead atoms. The Morgan fingerprint density at radius 2 is 1.81 bits per heavy atom. The molecule has 0 unspecified atom stereocenters. The summed E-state index contributed by atoms with van der Waals surface area (Å²) in [6.45, 7) is 1.29. The maximum Gasteiger partial charge on any atom is 0.415 e. The number of piperidine rings is 1. The maximum atomic E-state index is 13.2. The van der Waals surface area contributed by atoms with Crippen molar-refractivity contribution < 1.29 is 18.7 Å². The summed E-state index contributed by atoms with van der Waals surface area (Å²) in [5, 5.41) is 0. The third-order valence-electron chi connectivity index (χ3n) is 4.95. The second-order valence-corrected chi connectivity index (χ2v) is 6.86. The zero-order valence-corrected chi connectivity index (χ0v) is 15.1. The largest absolute Gasteiger partial charge is 0.415 e. The van der Waals surface area contributed by atoms with Crippen molar-refractivity contribution in [1.29, 1.82) is 0 Å². The van der Waals surface area contributed by atoms with Crippen molar-refractivity contribution in [3.63, 3.8) is 0 Å². The molecule has 0 radical (unpaired) electrons. The van der Waals surface area contributed by atoms with Gasteiger partial charge < -0.3 is 15.4 Å². The van der Waals surface area contributed by atoms with Gasteiger partial charge >= 0.3 is 6.09 Å². The minimum atomic E-state index is -0.520. The van der Waals surface area contributed by atoms with Crippen molar-refractivity contribution in [2.24, 2.45) is 11.7 Å². The first-order valence-corrected chi connectivity index (χ1v) is 9.12. The van der Waals surface area contributed by atoms with E-state index in [1.807, 2.05) is 6.07 Å². The zero-order valence-electron chi connectivity index (χ0n) is 15.1. The Labute approximate surface area is 157 Å². The second-order valence-electron chi connectivity index (χ2n) is 6.86. The van der Waals surface area contributed by atoms with E-state index in [0.717, 1.165) is 31.2 Å². The fourth-order valence-corrected chi connectivity index (χ4v) is 3.32. The Morgan fingerprint density at radius 1 is 1.11 bits per heavy atom. The van der Waals surface area contributed by atoms with E-state index in [4.69, 9.17) is 10.5 Å².